The van der Waals surface area contributed by atoms with Crippen molar-refractivity contribution < 1.29 is 14.7 Å². The van der Waals surface area contributed by atoms with Crippen LogP contribution in [0.2, 0.25) is 0 Å². The molecule has 0 saturated heterocycles. The molecule has 1 aromatic carbocycles. The Hall–Kier alpha value is -3.10. The Morgan fingerprint density at radius 1 is 1.10 bits per heavy atom. The number of phenolic OH excluding ortho intramolecular Hbond substituents is 1. The van der Waals surface area contributed by atoms with Crippen LogP contribution in [0.3, 0.4) is 0 Å². The van der Waals surface area contributed by atoms with Crippen molar-refractivity contribution in [1.29, 1.82) is 0 Å². The van der Waals surface area contributed by atoms with Crippen molar-refractivity contribution in [3.63, 3.8) is 0 Å². The number of aryl methyl sites for hydroxylation is 1. The number of benzene rings is 1. The highest BCUT2D eigenvalue weighted by molar-refractivity contribution is 5.92. The van der Waals surface area contributed by atoms with Gasteiger partial charge in [-0.1, -0.05) is 0 Å². The van der Waals surface area contributed by atoms with Crippen LogP contribution >= 0.6 is 0 Å². The van der Waals surface area contributed by atoms with E-state index < -0.39 is 12.1 Å². The molecule has 20 heavy (non-hydrogen) atoms. The Morgan fingerprint density at radius 2 is 1.50 bits per heavy atom. The molecule has 0 aliphatic heterocycles. The normalized spacial score (nSPS) is 10.8. The highest BCUT2D eigenvalue weighted by Gasteiger charge is 2.06. The summed E-state index contributed by atoms with van der Waals surface area (Å²) in [5, 5.41) is 17.1. The van der Waals surface area contributed by atoms with Gasteiger partial charge in [0.05, 0.1) is 12.4 Å². The SMILES string of the molecule is Cc1cc(C=NNC(N)=O)c(O)c(/C=N/NC(N)=O)c1. The third kappa shape index (κ3) is 4.64. The number of nitrogens with one attached hydrogen (secondary N) is 2. The molecule has 0 heterocycles. The second-order valence-corrected chi connectivity index (χ2v) is 3.76. The summed E-state index contributed by atoms with van der Waals surface area (Å²) < 4.78 is 0. The molecule has 0 unspecified atom stereocenters. The first-order chi connectivity index (χ1) is 9.40. The van der Waals surface area contributed by atoms with Crippen molar-refractivity contribution in [2.24, 2.45) is 21.7 Å². The van der Waals surface area contributed by atoms with E-state index in [0.29, 0.717) is 11.1 Å². The van der Waals surface area contributed by atoms with E-state index in [1.54, 1.807) is 19.1 Å². The van der Waals surface area contributed by atoms with Crippen molar-refractivity contribution in [2.75, 3.05) is 0 Å². The van der Waals surface area contributed by atoms with Crippen molar-refractivity contribution in [1.82, 2.24) is 10.9 Å². The molecule has 9 nitrogen and oxygen atoms in total. The van der Waals surface area contributed by atoms with Crippen LogP contribution in [0.5, 0.6) is 5.75 Å². The van der Waals surface area contributed by atoms with E-state index >= 15 is 0 Å². The lowest BCUT2D eigenvalue weighted by Crippen LogP contribution is -2.24. The molecular weight excluding hydrogens is 264 g/mol. The van der Waals surface area contributed by atoms with E-state index in [-0.39, 0.29) is 5.75 Å². The van der Waals surface area contributed by atoms with Gasteiger partial charge in [0, 0.05) is 11.1 Å². The summed E-state index contributed by atoms with van der Waals surface area (Å²) in [5.74, 6) is -0.124. The zero-order valence-corrected chi connectivity index (χ0v) is 10.6. The molecule has 0 aliphatic rings. The number of hydrogen-bond acceptors (Lipinski definition) is 5. The molecule has 0 spiro atoms. The number of phenols is 1. The van der Waals surface area contributed by atoms with E-state index in [0.717, 1.165) is 5.56 Å². The largest absolute Gasteiger partial charge is 0.507 e. The monoisotopic (exact) mass is 278 g/mol. The van der Waals surface area contributed by atoms with Crippen LogP contribution in [0.4, 0.5) is 9.59 Å². The summed E-state index contributed by atoms with van der Waals surface area (Å²) in [4.78, 5) is 21.0. The van der Waals surface area contributed by atoms with Crippen LogP contribution in [-0.2, 0) is 0 Å². The van der Waals surface area contributed by atoms with Crippen LogP contribution in [0.15, 0.2) is 22.3 Å². The Bertz CT molecular complexity index is 535. The Labute approximate surface area is 114 Å². The zero-order valence-electron chi connectivity index (χ0n) is 10.6. The topological polar surface area (TPSA) is 155 Å². The van der Waals surface area contributed by atoms with Crippen LogP contribution in [0.25, 0.3) is 0 Å². The van der Waals surface area contributed by atoms with E-state index in [4.69, 9.17) is 11.5 Å². The van der Waals surface area contributed by atoms with Crippen molar-refractivity contribution in [3.05, 3.63) is 28.8 Å². The number of rotatable bonds is 4. The minimum atomic E-state index is -0.819. The quantitative estimate of drug-likeness (QED) is 0.379. The molecule has 0 fully saturated rings. The van der Waals surface area contributed by atoms with E-state index in [2.05, 4.69) is 10.2 Å². The molecule has 0 aliphatic carbocycles. The van der Waals surface area contributed by atoms with Gasteiger partial charge in [0.25, 0.3) is 0 Å². The van der Waals surface area contributed by atoms with Crippen molar-refractivity contribution in [3.8, 4) is 5.75 Å². The predicted octanol–water partition coefficient (Wildman–Crippen LogP) is -0.295. The molecule has 0 aromatic heterocycles. The fourth-order valence-electron chi connectivity index (χ4n) is 1.36. The maximum Gasteiger partial charge on any atom is 0.332 e. The maximum atomic E-state index is 10.5. The number of hydrogen-bond donors (Lipinski definition) is 5. The summed E-state index contributed by atoms with van der Waals surface area (Å²) in [6.07, 6.45) is 2.46. The Kier molecular flexibility index (Phi) is 5.03. The second-order valence-electron chi connectivity index (χ2n) is 3.76. The second kappa shape index (κ2) is 6.73. The van der Waals surface area contributed by atoms with Gasteiger partial charge in [0.2, 0.25) is 0 Å². The third-order valence-corrected chi connectivity index (χ3v) is 2.07. The highest BCUT2D eigenvalue weighted by atomic mass is 16.3. The molecular formula is C11H14N6O3. The number of amides is 4. The van der Waals surface area contributed by atoms with E-state index in [1.807, 2.05) is 10.9 Å². The molecule has 1 rings (SSSR count). The molecule has 0 saturated carbocycles. The minimum Gasteiger partial charge on any atom is -0.507 e. The molecule has 0 atom stereocenters. The van der Waals surface area contributed by atoms with Crippen molar-refractivity contribution in [2.45, 2.75) is 6.92 Å². The van der Waals surface area contributed by atoms with Crippen LogP contribution in [0, 0.1) is 6.92 Å². The lowest BCUT2D eigenvalue weighted by molar-refractivity contribution is 0.248. The van der Waals surface area contributed by atoms with Gasteiger partial charge in [0.1, 0.15) is 5.75 Å². The van der Waals surface area contributed by atoms with E-state index in [9.17, 15) is 14.7 Å². The lowest BCUT2D eigenvalue weighted by Gasteiger charge is -2.05. The van der Waals surface area contributed by atoms with Crippen LogP contribution < -0.4 is 22.3 Å². The van der Waals surface area contributed by atoms with Gasteiger partial charge >= 0.3 is 12.1 Å². The lowest BCUT2D eigenvalue weighted by atomic mass is 10.1. The first-order valence-electron chi connectivity index (χ1n) is 5.40. The number of primary amides is 2. The number of hydrazone groups is 2. The summed E-state index contributed by atoms with van der Waals surface area (Å²) >= 11 is 0. The molecule has 0 radical (unpaired) electrons. The number of carbonyl (C=O) groups excluding carboxylic acids is 2. The first kappa shape index (κ1) is 15.0. The summed E-state index contributed by atoms with van der Waals surface area (Å²) in [5.41, 5.74) is 15.2. The first-order valence-corrected chi connectivity index (χ1v) is 5.40. The average molecular weight is 278 g/mol. The van der Waals surface area contributed by atoms with Gasteiger partial charge < -0.3 is 16.6 Å². The number of urea groups is 2. The summed E-state index contributed by atoms with van der Waals surface area (Å²) in [7, 11) is 0. The summed E-state index contributed by atoms with van der Waals surface area (Å²) in [6, 6.07) is 1.64. The Morgan fingerprint density at radius 3 is 1.85 bits per heavy atom. The van der Waals surface area contributed by atoms with Crippen LogP contribution in [-0.4, -0.2) is 29.6 Å². The predicted molar refractivity (Wildman–Crippen MR) is 73.5 cm³/mol. The van der Waals surface area contributed by atoms with Gasteiger partial charge in [0.15, 0.2) is 0 Å². The molecule has 106 valence electrons. The van der Waals surface area contributed by atoms with E-state index in [1.165, 1.54) is 12.4 Å². The summed E-state index contributed by atoms with van der Waals surface area (Å²) in [6.45, 7) is 1.79. The average Bonchev–Trinajstić information content (AvgIpc) is 2.33. The standard InChI is InChI=1S/C11H14N6O3/c1-6-2-7(4-14-16-10(12)19)9(18)8(3-6)5-15-17-11(13)20/h2-5,18H,1H3,(H3,12,16,19)(H3,13,17,20)/b14-4+,15-5?. The molecule has 4 amide bonds. The smallest absolute Gasteiger partial charge is 0.332 e. The maximum absolute atomic E-state index is 10.5. The third-order valence-electron chi connectivity index (χ3n) is 2.07. The molecule has 0 bridgehead atoms. The number of nitrogens with zero attached hydrogens (tertiary/aromatic N) is 2. The molecule has 7 N–H and O–H groups in total. The fourth-order valence-corrected chi connectivity index (χ4v) is 1.36. The zero-order chi connectivity index (χ0) is 15.1. The highest BCUT2D eigenvalue weighted by Crippen LogP contribution is 2.21. The Balaban J connectivity index is 3.00. The van der Waals surface area contributed by atoms with Gasteiger partial charge in [-0.3, -0.25) is 0 Å². The van der Waals surface area contributed by atoms with Gasteiger partial charge in [-0.05, 0) is 24.6 Å². The number of carbonyl (C=O) groups is 2. The number of nitrogens with two attached hydrogens (primary N) is 2. The van der Waals surface area contributed by atoms with Crippen molar-refractivity contribution >= 4 is 24.5 Å². The fraction of sp³-hybridized carbons (Fsp3) is 0.0909. The molecule has 1 aromatic rings. The van der Waals surface area contributed by atoms with Gasteiger partial charge in [-0.25, -0.2) is 20.4 Å². The number of aromatic hydroxyl groups is 1. The van der Waals surface area contributed by atoms with Gasteiger partial charge in [-0.15, -0.1) is 0 Å². The van der Waals surface area contributed by atoms with Crippen LogP contribution in [0.1, 0.15) is 16.7 Å². The minimum absolute atomic E-state index is 0.124. The van der Waals surface area contributed by atoms with Gasteiger partial charge in [-0.2, -0.15) is 10.2 Å². The molecule has 9 heteroatoms.